The average Bonchev–Trinajstić information content (AvgIpc) is 3.25. The molecule has 0 N–H and O–H groups in total. The van der Waals surface area contributed by atoms with Crippen molar-refractivity contribution in [3.05, 3.63) is 118 Å². The van der Waals surface area contributed by atoms with Crippen molar-refractivity contribution < 1.29 is 0 Å². The minimum absolute atomic E-state index is 0.999. The van der Waals surface area contributed by atoms with Crippen LogP contribution in [0.4, 0.5) is 0 Å². The Hall–Kier alpha value is -3.12. The van der Waals surface area contributed by atoms with E-state index in [4.69, 9.17) is 0 Å². The van der Waals surface area contributed by atoms with Crippen molar-refractivity contribution in [2.45, 2.75) is 19.3 Å². The van der Waals surface area contributed by atoms with Crippen LogP contribution >= 0.6 is 0 Å². The van der Waals surface area contributed by atoms with Crippen molar-refractivity contribution in [3.8, 4) is 22.3 Å². The lowest BCUT2D eigenvalue weighted by atomic mass is 9.96. The van der Waals surface area contributed by atoms with E-state index in [1.54, 1.807) is 0 Å². The number of fused-ring (bicyclic) bond motifs is 6. The summed E-state index contributed by atoms with van der Waals surface area (Å²) in [7, 11) is 0. The standard InChI is InChI=1S/C27H20/c1-3-7-24-21(6-1)17-23-14-18(10-12-26(23)24)13-19-9-11-22-16-20-5-2-4-8-25(20)27(22)15-19/h1-12,14-15H,13,16-17H2. The molecule has 0 saturated carbocycles. The molecule has 2 aliphatic rings. The first-order chi connectivity index (χ1) is 13.3. The third-order valence-corrected chi connectivity index (χ3v) is 6.13. The van der Waals surface area contributed by atoms with E-state index >= 15 is 0 Å². The van der Waals surface area contributed by atoms with Gasteiger partial charge in [-0.1, -0.05) is 84.9 Å². The lowest BCUT2D eigenvalue weighted by Gasteiger charge is -2.08. The summed E-state index contributed by atoms with van der Waals surface area (Å²) >= 11 is 0. The molecule has 0 aromatic heterocycles. The van der Waals surface area contributed by atoms with Gasteiger partial charge in [0.25, 0.3) is 0 Å². The van der Waals surface area contributed by atoms with E-state index in [1.165, 1.54) is 55.6 Å². The summed E-state index contributed by atoms with van der Waals surface area (Å²) in [5.41, 5.74) is 14.3. The summed E-state index contributed by atoms with van der Waals surface area (Å²) in [5.74, 6) is 0. The number of hydrogen-bond acceptors (Lipinski definition) is 0. The van der Waals surface area contributed by atoms with Gasteiger partial charge in [0.1, 0.15) is 0 Å². The Bertz CT molecular complexity index is 1200. The fraction of sp³-hybridized carbons (Fsp3) is 0.111. The van der Waals surface area contributed by atoms with Gasteiger partial charge in [-0.05, 0) is 74.9 Å². The summed E-state index contributed by atoms with van der Waals surface area (Å²) in [4.78, 5) is 0. The first-order valence-corrected chi connectivity index (χ1v) is 9.75. The minimum atomic E-state index is 0.999. The van der Waals surface area contributed by atoms with E-state index in [-0.39, 0.29) is 0 Å². The Labute approximate surface area is 160 Å². The van der Waals surface area contributed by atoms with Gasteiger partial charge in [0, 0.05) is 0 Å². The topological polar surface area (TPSA) is 0 Å². The Morgan fingerprint density at radius 3 is 1.81 bits per heavy atom. The molecule has 0 radical (unpaired) electrons. The monoisotopic (exact) mass is 344 g/mol. The Balaban J connectivity index is 1.34. The Morgan fingerprint density at radius 2 is 1.00 bits per heavy atom. The van der Waals surface area contributed by atoms with Crippen LogP contribution in [0.25, 0.3) is 22.3 Å². The maximum Gasteiger partial charge on any atom is -0.00134 e. The van der Waals surface area contributed by atoms with Gasteiger partial charge >= 0.3 is 0 Å². The molecular weight excluding hydrogens is 324 g/mol. The van der Waals surface area contributed by atoms with Crippen LogP contribution in [-0.4, -0.2) is 0 Å². The van der Waals surface area contributed by atoms with E-state index in [1.807, 2.05) is 0 Å². The van der Waals surface area contributed by atoms with Gasteiger partial charge in [-0.3, -0.25) is 0 Å². The average molecular weight is 344 g/mol. The first kappa shape index (κ1) is 15.0. The highest BCUT2D eigenvalue weighted by atomic mass is 14.2. The van der Waals surface area contributed by atoms with Gasteiger partial charge < -0.3 is 0 Å². The van der Waals surface area contributed by atoms with E-state index in [9.17, 15) is 0 Å². The van der Waals surface area contributed by atoms with Gasteiger partial charge in [-0.2, -0.15) is 0 Å². The van der Waals surface area contributed by atoms with Gasteiger partial charge in [-0.15, -0.1) is 0 Å². The fourth-order valence-corrected chi connectivity index (χ4v) is 4.82. The third-order valence-electron chi connectivity index (χ3n) is 6.13. The molecule has 0 aliphatic heterocycles. The third kappa shape index (κ3) is 2.37. The van der Waals surface area contributed by atoms with Crippen molar-refractivity contribution in [3.63, 3.8) is 0 Å². The molecule has 0 atom stereocenters. The zero-order valence-electron chi connectivity index (χ0n) is 15.2. The van der Waals surface area contributed by atoms with Crippen LogP contribution in [0.15, 0.2) is 84.9 Å². The lowest BCUT2D eigenvalue weighted by Crippen LogP contribution is -1.92. The van der Waals surface area contributed by atoms with Crippen molar-refractivity contribution >= 4 is 0 Å². The number of rotatable bonds is 2. The van der Waals surface area contributed by atoms with Crippen LogP contribution < -0.4 is 0 Å². The van der Waals surface area contributed by atoms with Gasteiger partial charge in [-0.25, -0.2) is 0 Å². The quantitative estimate of drug-likeness (QED) is 0.340. The van der Waals surface area contributed by atoms with Gasteiger partial charge in [0.15, 0.2) is 0 Å². The zero-order valence-corrected chi connectivity index (χ0v) is 15.2. The Morgan fingerprint density at radius 1 is 0.444 bits per heavy atom. The van der Waals surface area contributed by atoms with Crippen LogP contribution in [-0.2, 0) is 19.3 Å². The van der Waals surface area contributed by atoms with Crippen molar-refractivity contribution in [1.82, 2.24) is 0 Å². The summed E-state index contributed by atoms with van der Waals surface area (Å²) < 4.78 is 0. The second-order valence-electron chi connectivity index (χ2n) is 7.83. The van der Waals surface area contributed by atoms with Gasteiger partial charge in [0.05, 0.1) is 0 Å². The predicted molar refractivity (Wildman–Crippen MR) is 112 cm³/mol. The molecule has 27 heavy (non-hydrogen) atoms. The molecule has 4 aromatic rings. The lowest BCUT2D eigenvalue weighted by molar-refractivity contribution is 1.16. The highest BCUT2D eigenvalue weighted by Gasteiger charge is 2.19. The van der Waals surface area contributed by atoms with E-state index in [0.29, 0.717) is 0 Å². The molecule has 0 bridgehead atoms. The summed E-state index contributed by atoms with van der Waals surface area (Å²) in [6.07, 6.45) is 3.14. The van der Waals surface area contributed by atoms with Crippen molar-refractivity contribution in [2.75, 3.05) is 0 Å². The molecule has 0 fully saturated rings. The highest BCUT2D eigenvalue weighted by molar-refractivity contribution is 5.78. The summed E-state index contributed by atoms with van der Waals surface area (Å²) in [5, 5.41) is 0. The molecule has 0 heterocycles. The maximum absolute atomic E-state index is 2.41. The minimum Gasteiger partial charge on any atom is -0.0619 e. The smallest absolute Gasteiger partial charge is 0.00134 e. The van der Waals surface area contributed by atoms with Crippen LogP contribution in [0.1, 0.15) is 33.4 Å². The molecular formula is C27H20. The van der Waals surface area contributed by atoms with Crippen LogP contribution in [0, 0.1) is 0 Å². The molecule has 0 nitrogen and oxygen atoms in total. The first-order valence-electron chi connectivity index (χ1n) is 9.75. The second-order valence-corrected chi connectivity index (χ2v) is 7.83. The molecule has 0 amide bonds. The predicted octanol–water partition coefficient (Wildman–Crippen LogP) is 6.42. The normalized spacial score (nSPS) is 13.0. The molecule has 0 heteroatoms. The highest BCUT2D eigenvalue weighted by Crippen LogP contribution is 2.39. The maximum atomic E-state index is 2.41. The molecule has 0 spiro atoms. The van der Waals surface area contributed by atoms with E-state index in [0.717, 1.165) is 19.3 Å². The Kier molecular flexibility index (Phi) is 3.16. The largest absolute Gasteiger partial charge is 0.0619 e. The SMILES string of the molecule is c1ccc2c(c1)Cc1cc(Cc3ccc4c(c3)-c3ccccc3C4)ccc1-2. The number of benzene rings is 4. The summed E-state index contributed by atoms with van der Waals surface area (Å²) in [6.45, 7) is 0. The van der Waals surface area contributed by atoms with Crippen LogP contribution in [0.2, 0.25) is 0 Å². The number of hydrogen-bond donors (Lipinski definition) is 0. The van der Waals surface area contributed by atoms with E-state index < -0.39 is 0 Å². The molecule has 0 unspecified atom stereocenters. The fourth-order valence-electron chi connectivity index (χ4n) is 4.82. The van der Waals surface area contributed by atoms with Crippen LogP contribution in [0.5, 0.6) is 0 Å². The molecule has 128 valence electrons. The molecule has 2 aliphatic carbocycles. The van der Waals surface area contributed by atoms with Gasteiger partial charge in [0.2, 0.25) is 0 Å². The van der Waals surface area contributed by atoms with E-state index in [2.05, 4.69) is 84.9 Å². The molecule has 6 rings (SSSR count). The molecule has 4 aromatic carbocycles. The van der Waals surface area contributed by atoms with Crippen molar-refractivity contribution in [1.29, 1.82) is 0 Å². The molecule has 0 saturated heterocycles. The zero-order chi connectivity index (χ0) is 17.8. The second kappa shape index (κ2) is 5.69. The van der Waals surface area contributed by atoms with Crippen molar-refractivity contribution in [2.24, 2.45) is 0 Å². The summed E-state index contributed by atoms with van der Waals surface area (Å²) in [6, 6.07) is 31.7. The van der Waals surface area contributed by atoms with Crippen LogP contribution in [0.3, 0.4) is 0 Å².